The largest absolute Gasteiger partial charge is 0.365 e. The van der Waals surface area contributed by atoms with Gasteiger partial charge in [0, 0.05) is 40.8 Å². The van der Waals surface area contributed by atoms with Crippen molar-refractivity contribution in [2.45, 2.75) is 19.9 Å². The van der Waals surface area contributed by atoms with Gasteiger partial charge < -0.3 is 9.80 Å². The lowest BCUT2D eigenvalue weighted by atomic mass is 10.1. The molecule has 0 radical (unpaired) electrons. The third-order valence-corrected chi connectivity index (χ3v) is 8.15. The van der Waals surface area contributed by atoms with Crippen LogP contribution in [-0.2, 0) is 6.54 Å². The van der Waals surface area contributed by atoms with Crippen molar-refractivity contribution in [3.05, 3.63) is 129 Å². The topological polar surface area (TPSA) is 41.4 Å². The number of aromatic nitrogens is 2. The highest BCUT2D eigenvalue weighted by atomic mass is 35.5. The van der Waals surface area contributed by atoms with Gasteiger partial charge in [0.25, 0.3) is 5.91 Å². The summed E-state index contributed by atoms with van der Waals surface area (Å²) >= 11 is 19.0. The second-order valence-electron chi connectivity index (χ2n) is 10.0. The molecule has 0 unspecified atom stereocenters. The summed E-state index contributed by atoms with van der Waals surface area (Å²) in [7, 11) is 0. The standard InChI is InChI=1S/C33H27Cl3N4O/c1-22-31(37-40(28-17-16-26(35)20-27(28)36)32(22)24-12-14-25(34)15-13-24)33(41)39-19-7-18-38(21-23-8-3-2-4-9-23)29-10-5-6-11-30(29)39/h2-6,8-17,20H,7,18-19,21H2,1H3. The van der Waals surface area contributed by atoms with Crippen LogP contribution in [0.25, 0.3) is 16.9 Å². The zero-order valence-corrected chi connectivity index (χ0v) is 24.7. The molecular weight excluding hydrogens is 575 g/mol. The number of hydrogen-bond donors (Lipinski definition) is 0. The lowest BCUT2D eigenvalue weighted by molar-refractivity contribution is 0.0981. The summed E-state index contributed by atoms with van der Waals surface area (Å²) in [6, 6.07) is 31.2. The van der Waals surface area contributed by atoms with E-state index in [1.54, 1.807) is 16.8 Å². The number of rotatable bonds is 5. The maximum Gasteiger partial charge on any atom is 0.279 e. The zero-order valence-electron chi connectivity index (χ0n) is 22.4. The molecule has 6 rings (SSSR count). The number of para-hydroxylation sites is 2. The number of carbonyl (C=O) groups excluding carboxylic acids is 1. The van der Waals surface area contributed by atoms with Gasteiger partial charge in [0.05, 0.1) is 27.8 Å². The number of amides is 1. The molecule has 1 aliphatic rings. The van der Waals surface area contributed by atoms with Crippen molar-refractivity contribution in [1.82, 2.24) is 9.78 Å². The number of carbonyl (C=O) groups is 1. The number of hydrogen-bond acceptors (Lipinski definition) is 3. The summed E-state index contributed by atoms with van der Waals surface area (Å²) in [4.78, 5) is 18.6. The average molecular weight is 602 g/mol. The highest BCUT2D eigenvalue weighted by molar-refractivity contribution is 6.35. The van der Waals surface area contributed by atoms with Gasteiger partial charge in [0.2, 0.25) is 0 Å². The number of anilines is 2. The molecule has 0 fully saturated rings. The molecule has 206 valence electrons. The Morgan fingerprint density at radius 1 is 0.780 bits per heavy atom. The summed E-state index contributed by atoms with van der Waals surface area (Å²) in [5.74, 6) is -0.157. The summed E-state index contributed by atoms with van der Waals surface area (Å²) in [6.45, 7) is 4.10. The van der Waals surface area contributed by atoms with Gasteiger partial charge in [-0.1, -0.05) is 89.4 Å². The SMILES string of the molecule is Cc1c(C(=O)N2CCCN(Cc3ccccc3)c3ccccc32)nn(-c2ccc(Cl)cc2Cl)c1-c1ccc(Cl)cc1. The predicted molar refractivity (Wildman–Crippen MR) is 169 cm³/mol. The molecule has 8 heteroatoms. The molecule has 0 N–H and O–H groups in total. The van der Waals surface area contributed by atoms with Gasteiger partial charge >= 0.3 is 0 Å². The van der Waals surface area contributed by atoms with E-state index in [9.17, 15) is 4.79 Å². The molecule has 0 spiro atoms. The van der Waals surface area contributed by atoms with Crippen molar-refractivity contribution < 1.29 is 4.79 Å². The third kappa shape index (κ3) is 5.45. The van der Waals surface area contributed by atoms with Crippen LogP contribution in [0.5, 0.6) is 0 Å². The zero-order chi connectivity index (χ0) is 28.5. The van der Waals surface area contributed by atoms with Crippen LogP contribution < -0.4 is 9.80 Å². The molecule has 0 saturated heterocycles. The Bertz CT molecular complexity index is 1720. The van der Waals surface area contributed by atoms with Crippen LogP contribution in [0.2, 0.25) is 15.1 Å². The van der Waals surface area contributed by atoms with E-state index in [2.05, 4.69) is 35.2 Å². The molecule has 5 aromatic rings. The van der Waals surface area contributed by atoms with Gasteiger partial charge in [0.15, 0.2) is 5.69 Å². The van der Waals surface area contributed by atoms with Gasteiger partial charge in [-0.3, -0.25) is 4.79 Å². The Kier molecular flexibility index (Phi) is 7.76. The van der Waals surface area contributed by atoms with Crippen molar-refractivity contribution in [3.63, 3.8) is 0 Å². The van der Waals surface area contributed by atoms with Crippen molar-refractivity contribution in [1.29, 1.82) is 0 Å². The maximum absolute atomic E-state index is 14.4. The Morgan fingerprint density at radius 2 is 1.46 bits per heavy atom. The Hall–Kier alpha value is -3.77. The first kappa shape index (κ1) is 27.4. The highest BCUT2D eigenvalue weighted by Crippen LogP contribution is 2.37. The van der Waals surface area contributed by atoms with E-state index in [1.165, 1.54) is 5.56 Å². The molecule has 1 aromatic heterocycles. The molecule has 1 amide bonds. The minimum atomic E-state index is -0.157. The summed E-state index contributed by atoms with van der Waals surface area (Å²) in [6.07, 6.45) is 0.820. The molecule has 41 heavy (non-hydrogen) atoms. The Morgan fingerprint density at radius 3 is 2.20 bits per heavy atom. The van der Waals surface area contributed by atoms with Crippen LogP contribution in [0.15, 0.2) is 97.1 Å². The molecule has 5 nitrogen and oxygen atoms in total. The van der Waals surface area contributed by atoms with Crippen molar-refractivity contribution >= 4 is 52.1 Å². The predicted octanol–water partition coefficient (Wildman–Crippen LogP) is 8.87. The van der Waals surface area contributed by atoms with Crippen LogP contribution in [0, 0.1) is 6.92 Å². The molecular formula is C33H27Cl3N4O. The number of nitrogens with zero attached hydrogens (tertiary/aromatic N) is 4. The number of benzene rings is 4. The smallest absolute Gasteiger partial charge is 0.279 e. The van der Waals surface area contributed by atoms with Crippen LogP contribution in [0.3, 0.4) is 0 Å². The van der Waals surface area contributed by atoms with E-state index in [0.717, 1.165) is 47.7 Å². The number of fused-ring (bicyclic) bond motifs is 1. The van der Waals surface area contributed by atoms with E-state index >= 15 is 0 Å². The van der Waals surface area contributed by atoms with Gasteiger partial charge in [0.1, 0.15) is 0 Å². The fourth-order valence-electron chi connectivity index (χ4n) is 5.40. The van der Waals surface area contributed by atoms with Gasteiger partial charge in [-0.15, -0.1) is 0 Å². The van der Waals surface area contributed by atoms with E-state index in [4.69, 9.17) is 39.9 Å². The van der Waals surface area contributed by atoms with Crippen molar-refractivity contribution in [2.24, 2.45) is 0 Å². The lowest BCUT2D eigenvalue weighted by Crippen LogP contribution is -2.32. The lowest BCUT2D eigenvalue weighted by Gasteiger charge is -2.26. The van der Waals surface area contributed by atoms with E-state index < -0.39 is 0 Å². The monoisotopic (exact) mass is 600 g/mol. The first-order chi connectivity index (χ1) is 19.9. The summed E-state index contributed by atoms with van der Waals surface area (Å²) in [5, 5.41) is 6.47. The Labute approximate surface area is 254 Å². The molecule has 0 bridgehead atoms. The molecule has 0 saturated carbocycles. The van der Waals surface area contributed by atoms with Crippen LogP contribution in [0.1, 0.15) is 28.0 Å². The average Bonchev–Trinajstić information content (AvgIpc) is 3.20. The minimum Gasteiger partial charge on any atom is -0.365 e. The Balaban J connectivity index is 1.44. The molecule has 0 aliphatic carbocycles. The van der Waals surface area contributed by atoms with Crippen LogP contribution in [0.4, 0.5) is 11.4 Å². The van der Waals surface area contributed by atoms with E-state index in [0.29, 0.717) is 33.0 Å². The number of halogens is 3. The van der Waals surface area contributed by atoms with Gasteiger partial charge in [-0.05, 0) is 61.4 Å². The van der Waals surface area contributed by atoms with Gasteiger partial charge in [-0.25, -0.2) is 4.68 Å². The normalized spacial score (nSPS) is 13.2. The fourth-order valence-corrected chi connectivity index (χ4v) is 6.01. The van der Waals surface area contributed by atoms with Crippen molar-refractivity contribution in [2.75, 3.05) is 22.9 Å². The van der Waals surface area contributed by atoms with Crippen molar-refractivity contribution in [3.8, 4) is 16.9 Å². The second-order valence-corrected chi connectivity index (χ2v) is 11.3. The first-order valence-corrected chi connectivity index (χ1v) is 14.5. The summed E-state index contributed by atoms with van der Waals surface area (Å²) < 4.78 is 1.73. The molecule has 4 aromatic carbocycles. The first-order valence-electron chi connectivity index (χ1n) is 13.4. The quantitative estimate of drug-likeness (QED) is 0.202. The van der Waals surface area contributed by atoms with Gasteiger partial charge in [-0.2, -0.15) is 5.10 Å². The van der Waals surface area contributed by atoms with Crippen LogP contribution >= 0.6 is 34.8 Å². The highest BCUT2D eigenvalue weighted by Gasteiger charge is 2.30. The molecule has 2 heterocycles. The molecule has 0 atom stereocenters. The maximum atomic E-state index is 14.4. The summed E-state index contributed by atoms with van der Waals surface area (Å²) in [5.41, 5.74) is 6.52. The second kappa shape index (κ2) is 11.6. The van der Waals surface area contributed by atoms with E-state index in [1.807, 2.05) is 66.4 Å². The minimum absolute atomic E-state index is 0.157. The fraction of sp³-hybridized carbons (Fsp3) is 0.152. The third-order valence-electron chi connectivity index (χ3n) is 7.36. The molecule has 1 aliphatic heterocycles. The van der Waals surface area contributed by atoms with E-state index in [-0.39, 0.29) is 5.91 Å². The van der Waals surface area contributed by atoms with Crippen LogP contribution in [-0.4, -0.2) is 28.8 Å².